The van der Waals surface area contributed by atoms with Crippen LogP contribution in [0.25, 0.3) is 0 Å². The van der Waals surface area contributed by atoms with Crippen LogP contribution in [0.1, 0.15) is 59.3 Å². The van der Waals surface area contributed by atoms with Crippen LogP contribution in [0.2, 0.25) is 0 Å². The largest absolute Gasteiger partial charge is 0.390 e. The van der Waals surface area contributed by atoms with E-state index in [0.717, 1.165) is 13.0 Å². The second kappa shape index (κ2) is 7.34. The summed E-state index contributed by atoms with van der Waals surface area (Å²) in [6.45, 7) is 8.06. The van der Waals surface area contributed by atoms with Crippen molar-refractivity contribution in [3.05, 3.63) is 0 Å². The summed E-state index contributed by atoms with van der Waals surface area (Å²) < 4.78 is 0. The summed E-state index contributed by atoms with van der Waals surface area (Å²) in [5.74, 6) is 0. The van der Waals surface area contributed by atoms with Gasteiger partial charge in [0.1, 0.15) is 0 Å². The van der Waals surface area contributed by atoms with E-state index in [4.69, 9.17) is 0 Å². The molecule has 1 saturated heterocycles. The van der Waals surface area contributed by atoms with Crippen LogP contribution < -0.4 is 10.6 Å². The minimum absolute atomic E-state index is 0.535. The first-order chi connectivity index (χ1) is 7.97. The topological polar surface area (TPSA) is 44.3 Å². The van der Waals surface area contributed by atoms with Gasteiger partial charge in [-0.15, -0.1) is 0 Å². The lowest BCUT2D eigenvalue weighted by Crippen LogP contribution is -2.38. The molecule has 3 nitrogen and oxygen atoms in total. The molecule has 0 radical (unpaired) electrons. The van der Waals surface area contributed by atoms with E-state index in [9.17, 15) is 5.11 Å². The molecule has 2 unspecified atom stereocenters. The van der Waals surface area contributed by atoms with Crippen molar-refractivity contribution in [1.82, 2.24) is 10.6 Å². The van der Waals surface area contributed by atoms with Gasteiger partial charge in [0.05, 0.1) is 5.60 Å². The zero-order valence-electron chi connectivity index (χ0n) is 11.8. The Bertz CT molecular complexity index is 193. The average molecular weight is 242 g/mol. The Morgan fingerprint density at radius 1 is 1.35 bits per heavy atom. The van der Waals surface area contributed by atoms with E-state index >= 15 is 0 Å². The molecule has 0 saturated carbocycles. The molecule has 1 fully saturated rings. The molecule has 1 aliphatic heterocycles. The Morgan fingerprint density at radius 2 is 2.12 bits per heavy atom. The van der Waals surface area contributed by atoms with Gasteiger partial charge in [-0.2, -0.15) is 0 Å². The van der Waals surface area contributed by atoms with Crippen LogP contribution >= 0.6 is 0 Å². The monoisotopic (exact) mass is 242 g/mol. The molecule has 1 rings (SSSR count). The molecule has 3 N–H and O–H groups in total. The SMILES string of the molecule is CC(CC1CCCCCN1)NCCC(C)(C)O. The molecule has 1 heterocycles. The first-order valence-corrected chi connectivity index (χ1v) is 7.16. The number of nitrogens with one attached hydrogen (secondary N) is 2. The number of aliphatic hydroxyl groups is 1. The standard InChI is InChI=1S/C14H30N2O/c1-12(15-10-8-14(2,3)17)11-13-7-5-4-6-9-16-13/h12-13,15-17H,4-11H2,1-3H3. The number of rotatable bonds is 6. The molecule has 0 amide bonds. The van der Waals surface area contributed by atoms with Crippen molar-refractivity contribution < 1.29 is 5.11 Å². The van der Waals surface area contributed by atoms with E-state index in [1.165, 1.54) is 38.6 Å². The van der Waals surface area contributed by atoms with E-state index < -0.39 is 5.60 Å². The maximum absolute atomic E-state index is 9.64. The average Bonchev–Trinajstić information content (AvgIpc) is 2.44. The van der Waals surface area contributed by atoms with Gasteiger partial charge >= 0.3 is 0 Å². The summed E-state index contributed by atoms with van der Waals surface area (Å²) in [6, 6.07) is 1.22. The van der Waals surface area contributed by atoms with Crippen LogP contribution in [0.4, 0.5) is 0 Å². The highest BCUT2D eigenvalue weighted by molar-refractivity contribution is 4.76. The lowest BCUT2D eigenvalue weighted by atomic mass is 10.0. The second-order valence-corrected chi connectivity index (χ2v) is 6.15. The van der Waals surface area contributed by atoms with Gasteiger partial charge in [0.15, 0.2) is 0 Å². The fourth-order valence-electron chi connectivity index (χ4n) is 2.44. The van der Waals surface area contributed by atoms with Crippen molar-refractivity contribution >= 4 is 0 Å². The molecule has 0 aliphatic carbocycles. The van der Waals surface area contributed by atoms with Gasteiger partial charge in [-0.25, -0.2) is 0 Å². The zero-order valence-corrected chi connectivity index (χ0v) is 11.8. The fraction of sp³-hybridized carbons (Fsp3) is 1.00. The molecular formula is C14H30N2O. The van der Waals surface area contributed by atoms with Gasteiger partial charge in [0.2, 0.25) is 0 Å². The van der Waals surface area contributed by atoms with E-state index in [1.54, 1.807) is 0 Å². The Balaban J connectivity index is 2.12. The highest BCUT2D eigenvalue weighted by Gasteiger charge is 2.16. The van der Waals surface area contributed by atoms with Crippen molar-refractivity contribution in [2.45, 2.75) is 77.0 Å². The Hall–Kier alpha value is -0.120. The molecule has 102 valence electrons. The van der Waals surface area contributed by atoms with E-state index in [2.05, 4.69) is 17.6 Å². The van der Waals surface area contributed by atoms with Crippen LogP contribution in [0, 0.1) is 0 Å². The normalized spacial score (nSPS) is 24.4. The maximum atomic E-state index is 9.64. The van der Waals surface area contributed by atoms with Gasteiger partial charge in [0, 0.05) is 12.1 Å². The van der Waals surface area contributed by atoms with Crippen molar-refractivity contribution in [2.75, 3.05) is 13.1 Å². The van der Waals surface area contributed by atoms with Crippen molar-refractivity contribution in [1.29, 1.82) is 0 Å². The molecular weight excluding hydrogens is 212 g/mol. The lowest BCUT2D eigenvalue weighted by Gasteiger charge is -2.23. The third kappa shape index (κ3) is 7.74. The van der Waals surface area contributed by atoms with Crippen LogP contribution in [-0.2, 0) is 0 Å². The Morgan fingerprint density at radius 3 is 2.82 bits per heavy atom. The molecule has 0 bridgehead atoms. The first kappa shape index (κ1) is 14.9. The van der Waals surface area contributed by atoms with Crippen molar-refractivity contribution in [3.63, 3.8) is 0 Å². The summed E-state index contributed by atoms with van der Waals surface area (Å²) in [4.78, 5) is 0. The van der Waals surface area contributed by atoms with Gasteiger partial charge in [-0.3, -0.25) is 0 Å². The van der Waals surface area contributed by atoms with Crippen molar-refractivity contribution in [3.8, 4) is 0 Å². The lowest BCUT2D eigenvalue weighted by molar-refractivity contribution is 0.0703. The van der Waals surface area contributed by atoms with Crippen LogP contribution in [0.15, 0.2) is 0 Å². The predicted molar refractivity (Wildman–Crippen MR) is 73.3 cm³/mol. The minimum Gasteiger partial charge on any atom is -0.390 e. The van der Waals surface area contributed by atoms with Gasteiger partial charge in [0.25, 0.3) is 0 Å². The predicted octanol–water partition coefficient (Wildman–Crippen LogP) is 2.05. The summed E-state index contributed by atoms with van der Waals surface area (Å²) in [5, 5.41) is 16.8. The summed E-state index contributed by atoms with van der Waals surface area (Å²) >= 11 is 0. The van der Waals surface area contributed by atoms with Crippen LogP contribution in [0.3, 0.4) is 0 Å². The fourth-order valence-corrected chi connectivity index (χ4v) is 2.44. The quantitative estimate of drug-likeness (QED) is 0.668. The molecule has 1 aliphatic rings. The first-order valence-electron chi connectivity index (χ1n) is 7.16. The molecule has 2 atom stereocenters. The highest BCUT2D eigenvalue weighted by Crippen LogP contribution is 2.13. The molecule has 0 aromatic rings. The third-order valence-electron chi connectivity index (χ3n) is 3.53. The number of hydrogen-bond donors (Lipinski definition) is 3. The van der Waals surface area contributed by atoms with Gasteiger partial charge in [-0.05, 0) is 59.5 Å². The van der Waals surface area contributed by atoms with E-state index in [-0.39, 0.29) is 0 Å². The molecule has 0 aromatic carbocycles. The van der Waals surface area contributed by atoms with Gasteiger partial charge < -0.3 is 15.7 Å². The maximum Gasteiger partial charge on any atom is 0.0603 e. The van der Waals surface area contributed by atoms with Gasteiger partial charge in [-0.1, -0.05) is 12.8 Å². The highest BCUT2D eigenvalue weighted by atomic mass is 16.3. The molecule has 3 heteroatoms. The Labute approximate surface area is 106 Å². The molecule has 0 aromatic heterocycles. The smallest absolute Gasteiger partial charge is 0.0603 e. The van der Waals surface area contributed by atoms with E-state index in [1.807, 2.05) is 13.8 Å². The zero-order chi connectivity index (χ0) is 12.7. The van der Waals surface area contributed by atoms with Crippen LogP contribution in [-0.4, -0.2) is 35.9 Å². The third-order valence-corrected chi connectivity index (χ3v) is 3.53. The van der Waals surface area contributed by atoms with Crippen molar-refractivity contribution in [2.24, 2.45) is 0 Å². The Kier molecular flexibility index (Phi) is 6.45. The summed E-state index contributed by atoms with van der Waals surface area (Å²) in [7, 11) is 0. The second-order valence-electron chi connectivity index (χ2n) is 6.15. The summed E-state index contributed by atoms with van der Waals surface area (Å²) in [5.41, 5.74) is -0.548. The minimum atomic E-state index is -0.548. The summed E-state index contributed by atoms with van der Waals surface area (Å²) in [6.07, 6.45) is 7.41. The molecule has 0 spiro atoms. The van der Waals surface area contributed by atoms with Crippen LogP contribution in [0.5, 0.6) is 0 Å². The molecule has 17 heavy (non-hydrogen) atoms. The number of hydrogen-bond acceptors (Lipinski definition) is 3. The van der Waals surface area contributed by atoms with E-state index in [0.29, 0.717) is 12.1 Å².